The quantitative estimate of drug-likeness (QED) is 0.730. The molecule has 2 atom stereocenters. The molecule has 1 saturated carbocycles. The molecule has 1 rings (SSSR count). The van der Waals surface area contributed by atoms with Gasteiger partial charge in [0.2, 0.25) is 0 Å². The Morgan fingerprint density at radius 2 is 1.88 bits per heavy atom. The van der Waals surface area contributed by atoms with E-state index >= 15 is 0 Å². The van der Waals surface area contributed by atoms with E-state index in [9.17, 15) is 8.42 Å². The van der Waals surface area contributed by atoms with Crippen molar-refractivity contribution in [2.45, 2.75) is 51.5 Å². The van der Waals surface area contributed by atoms with Crippen molar-refractivity contribution >= 4 is 9.84 Å². The SMILES string of the molecule is C[C@H]1CCCC[C@H]1NCCCCS(C)(=O)=O. The molecular weight excluding hydrogens is 222 g/mol. The van der Waals surface area contributed by atoms with Crippen LogP contribution in [0.3, 0.4) is 0 Å². The van der Waals surface area contributed by atoms with Gasteiger partial charge < -0.3 is 5.32 Å². The first-order valence-electron chi connectivity index (χ1n) is 6.40. The van der Waals surface area contributed by atoms with E-state index in [0.29, 0.717) is 11.8 Å². The first-order valence-corrected chi connectivity index (χ1v) is 8.46. The van der Waals surface area contributed by atoms with Gasteiger partial charge >= 0.3 is 0 Å². The minimum Gasteiger partial charge on any atom is -0.314 e. The summed E-state index contributed by atoms with van der Waals surface area (Å²) in [7, 11) is -2.77. The van der Waals surface area contributed by atoms with E-state index < -0.39 is 9.84 Å². The van der Waals surface area contributed by atoms with E-state index in [1.807, 2.05) is 0 Å². The molecule has 1 N–H and O–H groups in total. The largest absolute Gasteiger partial charge is 0.314 e. The lowest BCUT2D eigenvalue weighted by Crippen LogP contribution is -2.37. The predicted molar refractivity (Wildman–Crippen MR) is 68.4 cm³/mol. The zero-order valence-corrected chi connectivity index (χ0v) is 11.4. The molecule has 0 aromatic heterocycles. The van der Waals surface area contributed by atoms with Crippen molar-refractivity contribution in [3.8, 4) is 0 Å². The van der Waals surface area contributed by atoms with Gasteiger partial charge in [-0.15, -0.1) is 0 Å². The highest BCUT2D eigenvalue weighted by atomic mass is 32.2. The van der Waals surface area contributed by atoms with Crippen LogP contribution in [0.4, 0.5) is 0 Å². The molecule has 0 aromatic rings. The molecular formula is C12H25NO2S. The summed E-state index contributed by atoms with van der Waals surface area (Å²) < 4.78 is 21.9. The van der Waals surface area contributed by atoms with E-state index in [1.165, 1.54) is 31.9 Å². The van der Waals surface area contributed by atoms with Gasteiger partial charge in [0.25, 0.3) is 0 Å². The van der Waals surface area contributed by atoms with E-state index in [2.05, 4.69) is 12.2 Å². The minimum absolute atomic E-state index is 0.328. The third kappa shape index (κ3) is 5.85. The molecule has 0 bridgehead atoms. The lowest BCUT2D eigenvalue weighted by Gasteiger charge is -2.29. The summed E-state index contributed by atoms with van der Waals surface area (Å²) in [6.45, 7) is 3.28. The van der Waals surface area contributed by atoms with Gasteiger partial charge in [0.05, 0.1) is 0 Å². The van der Waals surface area contributed by atoms with Gasteiger partial charge in [-0.3, -0.25) is 0 Å². The summed E-state index contributed by atoms with van der Waals surface area (Å²) in [5, 5.41) is 3.56. The molecule has 0 unspecified atom stereocenters. The highest BCUT2D eigenvalue weighted by molar-refractivity contribution is 7.90. The van der Waals surface area contributed by atoms with Crippen molar-refractivity contribution in [3.05, 3.63) is 0 Å². The van der Waals surface area contributed by atoms with Crippen LogP contribution in [0.5, 0.6) is 0 Å². The van der Waals surface area contributed by atoms with Crippen LogP contribution >= 0.6 is 0 Å². The van der Waals surface area contributed by atoms with Crippen molar-refractivity contribution in [2.24, 2.45) is 5.92 Å². The highest BCUT2D eigenvalue weighted by Crippen LogP contribution is 2.23. The Labute approximate surface area is 99.9 Å². The van der Waals surface area contributed by atoms with Crippen LogP contribution < -0.4 is 5.32 Å². The van der Waals surface area contributed by atoms with E-state index in [1.54, 1.807) is 0 Å². The number of hydrogen-bond donors (Lipinski definition) is 1. The Hall–Kier alpha value is -0.0900. The minimum atomic E-state index is -2.77. The molecule has 4 heteroatoms. The average Bonchev–Trinajstić information content (AvgIpc) is 2.18. The molecule has 0 radical (unpaired) electrons. The maximum Gasteiger partial charge on any atom is 0.147 e. The molecule has 1 aliphatic rings. The lowest BCUT2D eigenvalue weighted by molar-refractivity contribution is 0.280. The molecule has 0 amide bonds. The third-order valence-corrected chi connectivity index (χ3v) is 4.49. The average molecular weight is 247 g/mol. The first-order chi connectivity index (χ1) is 7.49. The van der Waals surface area contributed by atoms with Crippen molar-refractivity contribution in [2.75, 3.05) is 18.6 Å². The lowest BCUT2D eigenvalue weighted by atomic mass is 9.86. The monoisotopic (exact) mass is 247 g/mol. The fourth-order valence-electron chi connectivity index (χ4n) is 2.40. The summed E-state index contributed by atoms with van der Waals surface area (Å²) in [6.07, 6.45) is 8.39. The molecule has 0 aromatic carbocycles. The second kappa shape index (κ2) is 6.60. The van der Waals surface area contributed by atoms with Crippen molar-refractivity contribution in [3.63, 3.8) is 0 Å². The summed E-state index contributed by atoms with van der Waals surface area (Å²) in [4.78, 5) is 0. The van der Waals surface area contributed by atoms with Crippen molar-refractivity contribution < 1.29 is 8.42 Å². The Balaban J connectivity index is 2.06. The van der Waals surface area contributed by atoms with Crippen LogP contribution in [-0.4, -0.2) is 33.0 Å². The summed E-state index contributed by atoms with van der Waals surface area (Å²) in [5.74, 6) is 1.11. The van der Waals surface area contributed by atoms with Crippen LogP contribution in [-0.2, 0) is 9.84 Å². The Morgan fingerprint density at radius 3 is 2.50 bits per heavy atom. The number of unbranched alkanes of at least 4 members (excludes halogenated alkanes) is 1. The molecule has 96 valence electrons. The van der Waals surface area contributed by atoms with Crippen molar-refractivity contribution in [1.29, 1.82) is 0 Å². The van der Waals surface area contributed by atoms with Crippen LogP contribution in [0.2, 0.25) is 0 Å². The van der Waals surface area contributed by atoms with Crippen LogP contribution in [0.15, 0.2) is 0 Å². The third-order valence-electron chi connectivity index (χ3n) is 3.46. The van der Waals surface area contributed by atoms with Crippen LogP contribution in [0, 0.1) is 5.92 Å². The summed E-state index contributed by atoms with van der Waals surface area (Å²) >= 11 is 0. The molecule has 0 aliphatic heterocycles. The second-order valence-corrected chi connectivity index (χ2v) is 7.42. The predicted octanol–water partition coefficient (Wildman–Crippen LogP) is 1.98. The van der Waals surface area contributed by atoms with Gasteiger partial charge in [0.1, 0.15) is 9.84 Å². The summed E-state index contributed by atoms with van der Waals surface area (Å²) in [5.41, 5.74) is 0. The maximum absolute atomic E-state index is 10.9. The topological polar surface area (TPSA) is 46.2 Å². The molecule has 16 heavy (non-hydrogen) atoms. The Kier molecular flexibility index (Phi) is 5.76. The van der Waals surface area contributed by atoms with E-state index in [-0.39, 0.29) is 0 Å². The van der Waals surface area contributed by atoms with Gasteiger partial charge in [-0.2, -0.15) is 0 Å². The second-order valence-electron chi connectivity index (χ2n) is 5.16. The molecule has 0 heterocycles. The molecule has 0 spiro atoms. The van der Waals surface area contributed by atoms with Gasteiger partial charge in [0.15, 0.2) is 0 Å². The Morgan fingerprint density at radius 1 is 1.19 bits per heavy atom. The van der Waals surface area contributed by atoms with Crippen molar-refractivity contribution in [1.82, 2.24) is 5.32 Å². The number of hydrogen-bond acceptors (Lipinski definition) is 3. The molecule has 3 nitrogen and oxygen atoms in total. The Bertz CT molecular complexity index is 287. The molecule has 1 aliphatic carbocycles. The van der Waals surface area contributed by atoms with E-state index in [0.717, 1.165) is 25.3 Å². The van der Waals surface area contributed by atoms with Gasteiger partial charge in [-0.25, -0.2) is 8.42 Å². The smallest absolute Gasteiger partial charge is 0.147 e. The van der Waals surface area contributed by atoms with Gasteiger partial charge in [-0.05, 0) is 38.1 Å². The zero-order chi connectivity index (χ0) is 12.0. The first kappa shape index (κ1) is 14.0. The highest BCUT2D eigenvalue weighted by Gasteiger charge is 2.19. The molecule has 1 fully saturated rings. The zero-order valence-electron chi connectivity index (χ0n) is 10.5. The maximum atomic E-state index is 10.9. The van der Waals surface area contributed by atoms with Gasteiger partial charge in [0, 0.05) is 18.1 Å². The standard InChI is InChI=1S/C12H25NO2S/c1-11-7-3-4-8-12(11)13-9-5-6-10-16(2,14)15/h11-13H,3-10H2,1-2H3/t11-,12+/m0/s1. The normalized spacial score (nSPS) is 26.9. The van der Waals surface area contributed by atoms with Crippen LogP contribution in [0.1, 0.15) is 45.4 Å². The van der Waals surface area contributed by atoms with Gasteiger partial charge in [-0.1, -0.05) is 19.8 Å². The summed E-state index contributed by atoms with van der Waals surface area (Å²) in [6, 6.07) is 0.659. The van der Waals surface area contributed by atoms with E-state index in [4.69, 9.17) is 0 Å². The van der Waals surface area contributed by atoms with Crippen LogP contribution in [0.25, 0.3) is 0 Å². The molecule has 0 saturated heterocycles. The fourth-order valence-corrected chi connectivity index (χ4v) is 3.12. The number of rotatable bonds is 6. The number of nitrogens with one attached hydrogen (secondary N) is 1. The number of sulfone groups is 1. The fraction of sp³-hybridized carbons (Fsp3) is 1.00.